The zero-order valence-electron chi connectivity index (χ0n) is 10.3. The topological polar surface area (TPSA) is 87.6 Å². The first kappa shape index (κ1) is 17.3. The van der Waals surface area contributed by atoms with Crippen LogP contribution in [0.4, 0.5) is 0 Å². The van der Waals surface area contributed by atoms with Gasteiger partial charge in [-0.3, -0.25) is 9.59 Å². The molecule has 0 heterocycles. The summed E-state index contributed by atoms with van der Waals surface area (Å²) in [7, 11) is 2.80. The maximum absolute atomic E-state index is 10.7. The molecule has 0 aromatic heterocycles. The summed E-state index contributed by atoms with van der Waals surface area (Å²) in [6.07, 6.45) is 5.79. The Morgan fingerprint density at radius 2 is 1.06 bits per heavy atom. The van der Waals surface area contributed by atoms with Crippen LogP contribution in [-0.2, 0) is 19.1 Å². The lowest BCUT2D eigenvalue weighted by Crippen LogP contribution is -2.00. The molecule has 0 rings (SSSR count). The highest BCUT2D eigenvalue weighted by molar-refractivity contribution is 5.69. The number of hydrogen-bond acceptors (Lipinski definition) is 5. The molecule has 0 saturated heterocycles. The minimum absolute atomic E-state index is 0. The van der Waals surface area contributed by atoms with Crippen molar-refractivity contribution in [2.24, 2.45) is 0 Å². The average Bonchev–Trinajstić information content (AvgIpc) is 2.26. The van der Waals surface area contributed by atoms with E-state index in [0.717, 1.165) is 32.1 Å². The number of methoxy groups -OCH3 is 2. The summed E-state index contributed by atoms with van der Waals surface area (Å²) in [5.41, 5.74) is 0. The van der Waals surface area contributed by atoms with Gasteiger partial charge >= 0.3 is 11.9 Å². The van der Waals surface area contributed by atoms with E-state index in [-0.39, 0.29) is 18.1 Å². The molecule has 96 valence electrons. The van der Waals surface area contributed by atoms with E-state index >= 15 is 0 Å². The Labute approximate surface area is 97.1 Å². The smallest absolute Gasteiger partial charge is 0.305 e. The fraction of sp³-hybridized carbons (Fsp3) is 0.818. The van der Waals surface area contributed by atoms with Crippen LogP contribution in [0, 0.1) is 0 Å². The number of unbranched alkanes of at least 4 members (excludes halogenated alkanes) is 4. The summed E-state index contributed by atoms with van der Waals surface area (Å²) in [4.78, 5) is 21.5. The first-order valence-electron chi connectivity index (χ1n) is 5.34. The highest BCUT2D eigenvalue weighted by atomic mass is 16.5. The Bertz CT molecular complexity index is 174. The SMILES string of the molecule is COC(=O)CCCCCCCC(=O)OC.N. The number of esters is 2. The molecule has 0 radical (unpaired) electrons. The first-order valence-corrected chi connectivity index (χ1v) is 5.34. The van der Waals surface area contributed by atoms with Gasteiger partial charge in [-0.05, 0) is 12.8 Å². The van der Waals surface area contributed by atoms with E-state index < -0.39 is 0 Å². The first-order chi connectivity index (χ1) is 7.20. The van der Waals surface area contributed by atoms with Crippen molar-refractivity contribution in [1.29, 1.82) is 0 Å². The summed E-state index contributed by atoms with van der Waals surface area (Å²) in [5.74, 6) is -0.297. The van der Waals surface area contributed by atoms with Crippen molar-refractivity contribution in [3.63, 3.8) is 0 Å². The van der Waals surface area contributed by atoms with Gasteiger partial charge in [0.2, 0.25) is 0 Å². The van der Waals surface area contributed by atoms with Crippen LogP contribution in [0.3, 0.4) is 0 Å². The Balaban J connectivity index is 0. The van der Waals surface area contributed by atoms with E-state index in [1.54, 1.807) is 0 Å². The molecule has 3 N–H and O–H groups in total. The van der Waals surface area contributed by atoms with Crippen LogP contribution < -0.4 is 6.15 Å². The molecular formula is C11H23NO4. The lowest BCUT2D eigenvalue weighted by atomic mass is 10.1. The van der Waals surface area contributed by atoms with Crippen LogP contribution in [0.25, 0.3) is 0 Å². The largest absolute Gasteiger partial charge is 0.469 e. The van der Waals surface area contributed by atoms with Crippen LogP contribution in [0.15, 0.2) is 0 Å². The van der Waals surface area contributed by atoms with Gasteiger partial charge in [0.25, 0.3) is 0 Å². The summed E-state index contributed by atoms with van der Waals surface area (Å²) in [5, 5.41) is 0. The molecule has 5 heteroatoms. The van der Waals surface area contributed by atoms with Crippen molar-refractivity contribution in [2.45, 2.75) is 44.9 Å². The predicted molar refractivity (Wildman–Crippen MR) is 61.4 cm³/mol. The van der Waals surface area contributed by atoms with Crippen molar-refractivity contribution < 1.29 is 19.1 Å². The Kier molecular flexibility index (Phi) is 12.9. The van der Waals surface area contributed by atoms with Gasteiger partial charge < -0.3 is 15.6 Å². The Morgan fingerprint density at radius 1 is 0.750 bits per heavy atom. The molecule has 0 aliphatic rings. The zero-order valence-corrected chi connectivity index (χ0v) is 10.3. The van der Waals surface area contributed by atoms with Crippen molar-refractivity contribution in [3.05, 3.63) is 0 Å². The minimum atomic E-state index is -0.149. The standard InChI is InChI=1S/C11H20O4.H3N/c1-14-10(12)8-6-4-3-5-7-9-11(13)15-2;/h3-9H2,1-2H3;1H3. The molecule has 0 aliphatic carbocycles. The minimum Gasteiger partial charge on any atom is -0.469 e. The number of rotatable bonds is 8. The van der Waals surface area contributed by atoms with Crippen LogP contribution in [0.1, 0.15) is 44.9 Å². The van der Waals surface area contributed by atoms with E-state index in [0.29, 0.717) is 12.8 Å². The van der Waals surface area contributed by atoms with Gasteiger partial charge in [0.15, 0.2) is 0 Å². The molecule has 0 spiro atoms. The van der Waals surface area contributed by atoms with E-state index in [2.05, 4.69) is 9.47 Å². The van der Waals surface area contributed by atoms with Gasteiger partial charge in [0.1, 0.15) is 0 Å². The van der Waals surface area contributed by atoms with E-state index in [4.69, 9.17) is 0 Å². The molecule has 0 atom stereocenters. The van der Waals surface area contributed by atoms with E-state index in [1.807, 2.05) is 0 Å². The summed E-state index contributed by atoms with van der Waals surface area (Å²) >= 11 is 0. The second-order valence-corrected chi connectivity index (χ2v) is 3.42. The number of ether oxygens (including phenoxy) is 2. The third-order valence-corrected chi connectivity index (χ3v) is 2.22. The number of hydrogen-bond donors (Lipinski definition) is 1. The second-order valence-electron chi connectivity index (χ2n) is 3.42. The molecule has 0 aromatic carbocycles. The van der Waals surface area contributed by atoms with Gasteiger partial charge in [-0.15, -0.1) is 0 Å². The maximum Gasteiger partial charge on any atom is 0.305 e. The fourth-order valence-electron chi connectivity index (χ4n) is 1.27. The highest BCUT2D eigenvalue weighted by Gasteiger charge is 2.01. The molecule has 5 nitrogen and oxygen atoms in total. The van der Waals surface area contributed by atoms with Gasteiger partial charge in [0, 0.05) is 12.8 Å². The highest BCUT2D eigenvalue weighted by Crippen LogP contribution is 2.07. The van der Waals surface area contributed by atoms with Crippen LogP contribution in [-0.4, -0.2) is 26.2 Å². The maximum atomic E-state index is 10.7. The van der Waals surface area contributed by atoms with Gasteiger partial charge in [-0.2, -0.15) is 0 Å². The van der Waals surface area contributed by atoms with Crippen LogP contribution >= 0.6 is 0 Å². The van der Waals surface area contributed by atoms with Crippen molar-refractivity contribution in [1.82, 2.24) is 6.15 Å². The Hall–Kier alpha value is -1.10. The van der Waals surface area contributed by atoms with Gasteiger partial charge in [-0.1, -0.05) is 19.3 Å². The van der Waals surface area contributed by atoms with Crippen molar-refractivity contribution in [3.8, 4) is 0 Å². The molecule has 0 saturated carbocycles. The van der Waals surface area contributed by atoms with Crippen molar-refractivity contribution >= 4 is 11.9 Å². The normalized spacial score (nSPS) is 9.12. The predicted octanol–water partition coefficient (Wildman–Crippen LogP) is 2.23. The molecule has 0 bridgehead atoms. The Morgan fingerprint density at radius 3 is 1.38 bits per heavy atom. The molecule has 0 aromatic rings. The lowest BCUT2D eigenvalue weighted by molar-refractivity contribution is -0.141. The second kappa shape index (κ2) is 12.0. The van der Waals surface area contributed by atoms with E-state index in [1.165, 1.54) is 14.2 Å². The summed E-state index contributed by atoms with van der Waals surface area (Å²) in [6.45, 7) is 0. The number of carbonyl (C=O) groups is 2. The van der Waals surface area contributed by atoms with Crippen molar-refractivity contribution in [2.75, 3.05) is 14.2 Å². The van der Waals surface area contributed by atoms with Gasteiger partial charge in [-0.25, -0.2) is 0 Å². The molecule has 16 heavy (non-hydrogen) atoms. The van der Waals surface area contributed by atoms with E-state index in [9.17, 15) is 9.59 Å². The van der Waals surface area contributed by atoms with Crippen LogP contribution in [0.5, 0.6) is 0 Å². The van der Waals surface area contributed by atoms with Crippen LogP contribution in [0.2, 0.25) is 0 Å². The average molecular weight is 233 g/mol. The number of carbonyl (C=O) groups excluding carboxylic acids is 2. The molecule has 0 fully saturated rings. The lowest BCUT2D eigenvalue weighted by Gasteiger charge is -2.01. The summed E-state index contributed by atoms with van der Waals surface area (Å²) in [6, 6.07) is 0. The molecule has 0 amide bonds. The quantitative estimate of drug-likeness (QED) is 0.513. The third-order valence-electron chi connectivity index (χ3n) is 2.22. The third kappa shape index (κ3) is 11.0. The molecular weight excluding hydrogens is 210 g/mol. The summed E-state index contributed by atoms with van der Waals surface area (Å²) < 4.78 is 9.05. The molecule has 0 unspecified atom stereocenters. The monoisotopic (exact) mass is 233 g/mol. The van der Waals surface area contributed by atoms with Gasteiger partial charge in [0.05, 0.1) is 14.2 Å². The fourth-order valence-corrected chi connectivity index (χ4v) is 1.27. The zero-order chi connectivity index (χ0) is 11.5. The molecule has 0 aliphatic heterocycles.